The predicted molar refractivity (Wildman–Crippen MR) is 110 cm³/mol. The minimum absolute atomic E-state index is 0.297. The van der Waals surface area contributed by atoms with Crippen LogP contribution in [0.4, 0.5) is 10.5 Å². The molecule has 6 heteroatoms. The van der Waals surface area contributed by atoms with E-state index in [2.05, 4.69) is 15.9 Å². The molecule has 0 fully saturated rings. The number of anilines is 1. The topological polar surface area (TPSA) is 53.7 Å². The molecule has 1 amide bonds. The van der Waals surface area contributed by atoms with Gasteiger partial charge in [-0.3, -0.25) is 4.90 Å². The van der Waals surface area contributed by atoms with E-state index >= 15 is 0 Å². The first-order chi connectivity index (χ1) is 12.2. The molecule has 3 rings (SSSR count). The SMILES string of the molecule is CC(C)(C)N(C(=O)O)c1ccccc1-c1oc(Cl)c2cc(CBr)ccc12. The van der Waals surface area contributed by atoms with E-state index in [-0.39, 0.29) is 0 Å². The maximum atomic E-state index is 11.9. The summed E-state index contributed by atoms with van der Waals surface area (Å²) in [5, 5.41) is 12.5. The fourth-order valence-electron chi connectivity index (χ4n) is 3.05. The first-order valence-electron chi connectivity index (χ1n) is 8.13. The Morgan fingerprint density at radius 2 is 1.88 bits per heavy atom. The Morgan fingerprint density at radius 3 is 2.50 bits per heavy atom. The lowest BCUT2D eigenvalue weighted by atomic mass is 10.0. The highest BCUT2D eigenvalue weighted by molar-refractivity contribution is 9.08. The van der Waals surface area contributed by atoms with Crippen LogP contribution in [-0.2, 0) is 5.33 Å². The summed E-state index contributed by atoms with van der Waals surface area (Å²) in [4.78, 5) is 13.3. The zero-order valence-corrected chi connectivity index (χ0v) is 17.1. The number of nitrogens with zero attached hydrogens (tertiary/aromatic N) is 1. The highest BCUT2D eigenvalue weighted by atomic mass is 79.9. The van der Waals surface area contributed by atoms with E-state index in [4.69, 9.17) is 16.0 Å². The molecular formula is C20H19BrClNO3. The van der Waals surface area contributed by atoms with Gasteiger partial charge in [-0.1, -0.05) is 40.2 Å². The smallest absolute Gasteiger partial charge is 0.412 e. The number of hydrogen-bond donors (Lipinski definition) is 1. The summed E-state index contributed by atoms with van der Waals surface area (Å²) in [6.07, 6.45) is -1.02. The van der Waals surface area contributed by atoms with Crippen LogP contribution < -0.4 is 4.90 Å². The van der Waals surface area contributed by atoms with Crippen molar-refractivity contribution in [2.75, 3.05) is 4.90 Å². The summed E-state index contributed by atoms with van der Waals surface area (Å²) in [5.74, 6) is 0.567. The van der Waals surface area contributed by atoms with Gasteiger partial charge in [0.25, 0.3) is 0 Å². The van der Waals surface area contributed by atoms with Crippen LogP contribution in [0.3, 0.4) is 0 Å². The Morgan fingerprint density at radius 1 is 1.19 bits per heavy atom. The molecule has 0 atom stereocenters. The minimum Gasteiger partial charge on any atom is -0.465 e. The largest absolute Gasteiger partial charge is 0.465 e. The van der Waals surface area contributed by atoms with Gasteiger partial charge >= 0.3 is 6.09 Å². The molecule has 4 nitrogen and oxygen atoms in total. The monoisotopic (exact) mass is 435 g/mol. The zero-order valence-electron chi connectivity index (χ0n) is 14.7. The molecule has 0 spiro atoms. The molecule has 2 aromatic carbocycles. The Kier molecular flexibility index (Phi) is 5.04. The van der Waals surface area contributed by atoms with Gasteiger partial charge in [0, 0.05) is 27.2 Å². The van der Waals surface area contributed by atoms with Gasteiger partial charge in [-0.05, 0) is 56.1 Å². The molecule has 136 valence electrons. The quantitative estimate of drug-likeness (QED) is 0.453. The van der Waals surface area contributed by atoms with Gasteiger partial charge in [-0.15, -0.1) is 0 Å². The average molecular weight is 437 g/mol. The summed E-state index contributed by atoms with van der Waals surface area (Å²) in [7, 11) is 0. The van der Waals surface area contributed by atoms with Crippen LogP contribution in [0.5, 0.6) is 0 Å². The zero-order chi connectivity index (χ0) is 19.1. The van der Waals surface area contributed by atoms with Crippen molar-refractivity contribution >= 4 is 50.1 Å². The Labute approximate surface area is 165 Å². The summed E-state index contributed by atoms with van der Waals surface area (Å²) < 4.78 is 5.86. The highest BCUT2D eigenvalue weighted by Gasteiger charge is 2.31. The van der Waals surface area contributed by atoms with Crippen molar-refractivity contribution in [1.29, 1.82) is 0 Å². The molecule has 1 heterocycles. The van der Waals surface area contributed by atoms with E-state index < -0.39 is 11.6 Å². The average Bonchev–Trinajstić information content (AvgIpc) is 2.90. The maximum Gasteiger partial charge on any atom is 0.412 e. The molecule has 0 aliphatic carbocycles. The molecule has 0 saturated carbocycles. The van der Waals surface area contributed by atoms with Crippen LogP contribution in [0.2, 0.25) is 5.22 Å². The third-order valence-electron chi connectivity index (χ3n) is 4.14. The number of furan rings is 1. The second-order valence-electron chi connectivity index (χ2n) is 7.02. The van der Waals surface area contributed by atoms with Gasteiger partial charge in [0.15, 0.2) is 0 Å². The Bertz CT molecular complexity index is 975. The van der Waals surface area contributed by atoms with E-state index in [9.17, 15) is 9.90 Å². The number of amides is 1. The number of alkyl halides is 1. The second-order valence-corrected chi connectivity index (χ2v) is 7.93. The van der Waals surface area contributed by atoms with Crippen LogP contribution in [0.15, 0.2) is 46.9 Å². The summed E-state index contributed by atoms with van der Waals surface area (Å²) >= 11 is 9.77. The molecule has 3 aromatic rings. The lowest BCUT2D eigenvalue weighted by Crippen LogP contribution is -2.45. The van der Waals surface area contributed by atoms with E-state index in [0.717, 1.165) is 16.3 Å². The standard InChI is InChI=1S/C20H19BrClNO3/c1-20(2,3)23(19(24)25)16-7-5-4-6-14(16)17-13-9-8-12(11-21)10-15(13)18(22)26-17/h4-10H,11H2,1-3H3,(H,24,25). The van der Waals surface area contributed by atoms with Crippen molar-refractivity contribution in [1.82, 2.24) is 0 Å². The van der Waals surface area contributed by atoms with Crippen molar-refractivity contribution in [2.24, 2.45) is 0 Å². The molecule has 1 N–H and O–H groups in total. The number of fused-ring (bicyclic) bond motifs is 1. The first kappa shape index (κ1) is 18.8. The van der Waals surface area contributed by atoms with Gasteiger partial charge in [0.2, 0.25) is 5.22 Å². The van der Waals surface area contributed by atoms with Crippen LogP contribution >= 0.6 is 27.5 Å². The van der Waals surface area contributed by atoms with Crippen molar-refractivity contribution in [2.45, 2.75) is 31.6 Å². The molecular weight excluding hydrogens is 418 g/mol. The van der Waals surface area contributed by atoms with Crippen molar-refractivity contribution in [3.05, 3.63) is 53.2 Å². The minimum atomic E-state index is -1.02. The fraction of sp³-hybridized carbons (Fsp3) is 0.250. The van der Waals surface area contributed by atoms with E-state index in [0.29, 0.717) is 27.6 Å². The fourth-order valence-corrected chi connectivity index (χ4v) is 3.63. The molecule has 0 aliphatic heterocycles. The summed E-state index contributed by atoms with van der Waals surface area (Å²) in [6, 6.07) is 13.2. The van der Waals surface area contributed by atoms with E-state index in [1.54, 1.807) is 6.07 Å². The van der Waals surface area contributed by atoms with Crippen LogP contribution in [0.1, 0.15) is 26.3 Å². The summed E-state index contributed by atoms with van der Waals surface area (Å²) in [5.41, 5.74) is 1.72. The third-order valence-corrected chi connectivity index (χ3v) is 5.07. The molecule has 0 bridgehead atoms. The Balaban J connectivity index is 2.27. The van der Waals surface area contributed by atoms with Crippen LogP contribution in [-0.4, -0.2) is 16.7 Å². The number of hydrogen-bond acceptors (Lipinski definition) is 2. The molecule has 0 aliphatic rings. The number of carboxylic acid groups (broad SMARTS) is 1. The van der Waals surface area contributed by atoms with Gasteiger partial charge in [-0.25, -0.2) is 4.79 Å². The Hall–Kier alpha value is -1.98. The van der Waals surface area contributed by atoms with Gasteiger partial charge in [0.05, 0.1) is 5.69 Å². The maximum absolute atomic E-state index is 11.9. The number of carbonyl (C=O) groups is 1. The second kappa shape index (κ2) is 6.97. The van der Waals surface area contributed by atoms with E-state index in [1.807, 2.05) is 57.2 Å². The van der Waals surface area contributed by atoms with Gasteiger partial charge in [0.1, 0.15) is 5.76 Å². The highest BCUT2D eigenvalue weighted by Crippen LogP contribution is 2.42. The van der Waals surface area contributed by atoms with Crippen LogP contribution in [0.25, 0.3) is 22.1 Å². The van der Waals surface area contributed by atoms with Crippen molar-refractivity contribution in [3.8, 4) is 11.3 Å². The van der Waals surface area contributed by atoms with Crippen molar-refractivity contribution < 1.29 is 14.3 Å². The van der Waals surface area contributed by atoms with Crippen LogP contribution in [0, 0.1) is 0 Å². The number of para-hydroxylation sites is 1. The normalized spacial score (nSPS) is 11.7. The molecule has 0 radical (unpaired) electrons. The third kappa shape index (κ3) is 3.33. The molecule has 0 saturated heterocycles. The molecule has 1 aromatic heterocycles. The van der Waals surface area contributed by atoms with E-state index in [1.165, 1.54) is 4.90 Å². The lowest BCUT2D eigenvalue weighted by Gasteiger charge is -2.34. The predicted octanol–water partition coefficient (Wildman–Crippen LogP) is 6.93. The van der Waals surface area contributed by atoms with Gasteiger partial charge < -0.3 is 9.52 Å². The van der Waals surface area contributed by atoms with Crippen molar-refractivity contribution in [3.63, 3.8) is 0 Å². The number of benzene rings is 2. The number of rotatable bonds is 3. The lowest BCUT2D eigenvalue weighted by molar-refractivity contribution is 0.195. The van der Waals surface area contributed by atoms with Gasteiger partial charge in [-0.2, -0.15) is 0 Å². The number of halogens is 2. The molecule has 0 unspecified atom stereocenters. The molecule has 26 heavy (non-hydrogen) atoms. The first-order valence-corrected chi connectivity index (χ1v) is 9.63. The summed E-state index contributed by atoms with van der Waals surface area (Å²) in [6.45, 7) is 5.56.